The van der Waals surface area contributed by atoms with Gasteiger partial charge in [-0.05, 0) is 30.5 Å². The van der Waals surface area contributed by atoms with Crippen LogP contribution in [0.1, 0.15) is 31.3 Å². The number of fused-ring (bicyclic) bond motifs is 3. The number of aliphatic hydroxyl groups is 1. The molecule has 4 N–H and O–H groups in total. The monoisotopic (exact) mass is 316 g/mol. The third-order valence-corrected chi connectivity index (χ3v) is 3.92. The Labute approximate surface area is 133 Å². The number of aliphatic hydroxyl groups excluding tert-OH is 1. The van der Waals surface area contributed by atoms with Crippen molar-refractivity contribution in [2.24, 2.45) is 5.92 Å². The molecule has 3 rings (SSSR count). The summed E-state index contributed by atoms with van der Waals surface area (Å²) in [5, 5.41) is 22.3. The molecule has 0 fully saturated rings. The molecule has 2 aliphatic rings. The molecular weight excluding hydrogens is 296 g/mol. The average Bonchev–Trinajstić information content (AvgIpc) is 2.96. The second-order valence-electron chi connectivity index (χ2n) is 6.31. The second kappa shape index (κ2) is 5.66. The Bertz CT molecular complexity index is 779. The van der Waals surface area contributed by atoms with Crippen molar-refractivity contribution >= 4 is 22.7 Å². The zero-order chi connectivity index (χ0) is 16.7. The molecule has 2 atom stereocenters. The zero-order valence-corrected chi connectivity index (χ0v) is 13.3. The molecule has 0 radical (unpaired) electrons. The molecular formula is C16H20N4O3. The summed E-state index contributed by atoms with van der Waals surface area (Å²) < 4.78 is 0. The highest BCUT2D eigenvalue weighted by molar-refractivity contribution is 6.15. The number of benzene rings is 1. The minimum atomic E-state index is -0.678. The molecule has 0 saturated heterocycles. The molecule has 0 saturated carbocycles. The van der Waals surface area contributed by atoms with E-state index in [4.69, 9.17) is 0 Å². The van der Waals surface area contributed by atoms with Crippen LogP contribution < -0.4 is 10.6 Å². The summed E-state index contributed by atoms with van der Waals surface area (Å²) >= 11 is 0. The van der Waals surface area contributed by atoms with E-state index >= 15 is 0 Å². The van der Waals surface area contributed by atoms with Crippen molar-refractivity contribution in [3.05, 3.63) is 17.8 Å². The number of hydrogen-bond donors (Lipinski definition) is 4. The van der Waals surface area contributed by atoms with Crippen molar-refractivity contribution in [2.45, 2.75) is 32.9 Å². The van der Waals surface area contributed by atoms with E-state index in [1.54, 1.807) is 6.92 Å². The second-order valence-corrected chi connectivity index (χ2v) is 6.31. The quantitative estimate of drug-likeness (QED) is 0.539. The maximum absolute atomic E-state index is 12.5. The number of carbonyl (C=O) groups excluding carboxylic acids is 2. The lowest BCUT2D eigenvalue weighted by molar-refractivity contribution is -0.124. The fourth-order valence-corrected chi connectivity index (χ4v) is 2.58. The highest BCUT2D eigenvalue weighted by atomic mass is 16.3. The third-order valence-electron chi connectivity index (χ3n) is 3.92. The summed E-state index contributed by atoms with van der Waals surface area (Å²) in [6, 6.07) is 3.25. The first-order valence-corrected chi connectivity index (χ1v) is 7.67. The maximum Gasteiger partial charge on any atom is 0.270 e. The van der Waals surface area contributed by atoms with Crippen LogP contribution in [0.3, 0.4) is 0 Å². The first kappa shape index (κ1) is 15.5. The van der Waals surface area contributed by atoms with Gasteiger partial charge in [0, 0.05) is 17.5 Å². The largest absolute Gasteiger partial charge is 0.392 e. The van der Waals surface area contributed by atoms with Gasteiger partial charge in [0.2, 0.25) is 5.91 Å². The van der Waals surface area contributed by atoms with E-state index in [0.717, 1.165) is 22.0 Å². The van der Waals surface area contributed by atoms with Crippen LogP contribution in [0.15, 0.2) is 12.1 Å². The lowest BCUT2D eigenvalue weighted by Crippen LogP contribution is -2.50. The molecule has 0 aromatic carbocycles. The molecule has 0 aliphatic heterocycles. The van der Waals surface area contributed by atoms with E-state index in [2.05, 4.69) is 20.8 Å². The number of aromatic amines is 1. The van der Waals surface area contributed by atoms with Gasteiger partial charge >= 0.3 is 0 Å². The molecule has 1 aromatic heterocycles. The number of rotatable bonds is 6. The van der Waals surface area contributed by atoms with Crippen LogP contribution in [0, 0.1) is 5.92 Å². The molecule has 0 bridgehead atoms. The summed E-state index contributed by atoms with van der Waals surface area (Å²) in [6.07, 6.45) is -0.634. The molecule has 122 valence electrons. The van der Waals surface area contributed by atoms with Crippen LogP contribution in [0.4, 0.5) is 0 Å². The number of carbonyl (C=O) groups is 2. The minimum Gasteiger partial charge on any atom is -0.392 e. The highest BCUT2D eigenvalue weighted by Gasteiger charge is 2.28. The fraction of sp³-hybridized carbons (Fsp3) is 0.438. The number of hydrogen-bond acceptors (Lipinski definition) is 4. The molecule has 23 heavy (non-hydrogen) atoms. The topological polar surface area (TPSA) is 107 Å². The molecule has 0 spiro atoms. The Morgan fingerprint density at radius 3 is 2.70 bits per heavy atom. The van der Waals surface area contributed by atoms with Crippen LogP contribution in [-0.2, 0) is 4.79 Å². The van der Waals surface area contributed by atoms with E-state index < -0.39 is 12.1 Å². The molecule has 7 nitrogen and oxygen atoms in total. The van der Waals surface area contributed by atoms with Gasteiger partial charge in [0.05, 0.1) is 6.10 Å². The summed E-state index contributed by atoms with van der Waals surface area (Å²) in [5.41, 5.74) is 3.35. The van der Waals surface area contributed by atoms with Crippen molar-refractivity contribution in [3.63, 3.8) is 0 Å². The summed E-state index contributed by atoms with van der Waals surface area (Å²) in [5.74, 6) is -0.754. The van der Waals surface area contributed by atoms with E-state index in [-0.39, 0.29) is 24.3 Å². The number of H-pyrrole nitrogens is 1. The summed E-state index contributed by atoms with van der Waals surface area (Å²) in [6.45, 7) is 5.45. The Hall–Kier alpha value is -2.41. The van der Waals surface area contributed by atoms with Gasteiger partial charge < -0.3 is 15.7 Å². The van der Waals surface area contributed by atoms with Crippen molar-refractivity contribution in [3.8, 4) is 11.1 Å². The van der Waals surface area contributed by atoms with E-state index in [1.165, 1.54) is 0 Å². The molecule has 1 unspecified atom stereocenters. The van der Waals surface area contributed by atoms with Crippen molar-refractivity contribution in [2.75, 3.05) is 6.54 Å². The van der Waals surface area contributed by atoms with Gasteiger partial charge in [0.15, 0.2) is 0 Å². The SMILES string of the molecule is CC(C)C(NC(=O)c1[nH]nc2c3cc-3cc12)C(=O)NC[C@H](C)O. The zero-order valence-electron chi connectivity index (χ0n) is 13.3. The summed E-state index contributed by atoms with van der Waals surface area (Å²) in [7, 11) is 0. The maximum atomic E-state index is 12.5. The first-order valence-electron chi connectivity index (χ1n) is 7.67. The van der Waals surface area contributed by atoms with Crippen LogP contribution in [0.25, 0.3) is 22.0 Å². The third kappa shape index (κ3) is 2.92. The average molecular weight is 316 g/mol. The van der Waals surface area contributed by atoms with Crippen molar-refractivity contribution < 1.29 is 14.7 Å². The molecule has 7 heteroatoms. The Morgan fingerprint density at radius 1 is 1.30 bits per heavy atom. The highest BCUT2D eigenvalue weighted by Crippen LogP contribution is 2.42. The number of aromatic nitrogens is 2. The first-order chi connectivity index (χ1) is 10.9. The van der Waals surface area contributed by atoms with E-state index in [9.17, 15) is 14.7 Å². The lowest BCUT2D eigenvalue weighted by Gasteiger charge is -2.21. The number of amides is 2. The van der Waals surface area contributed by atoms with Gasteiger partial charge in [0.25, 0.3) is 5.91 Å². The van der Waals surface area contributed by atoms with Gasteiger partial charge in [-0.1, -0.05) is 13.8 Å². The smallest absolute Gasteiger partial charge is 0.270 e. The standard InChI is InChI=1S/C16H20N4O3/c1-7(2)12(15(22)17-6-8(3)21)18-16(23)14-11-5-9-4-10(9)13(11)19-20-14/h4-5,7-8,12,21H,6H2,1-3H3,(H,17,22)(H,18,23)(H,19,20)/t8-,12?/m0/s1. The number of nitrogens with one attached hydrogen (secondary N) is 3. The minimum absolute atomic E-state index is 0.0848. The Kier molecular flexibility index (Phi) is 3.81. The van der Waals surface area contributed by atoms with Gasteiger partial charge in [-0.15, -0.1) is 0 Å². The summed E-state index contributed by atoms with van der Waals surface area (Å²) in [4.78, 5) is 24.7. The Morgan fingerprint density at radius 2 is 2.04 bits per heavy atom. The lowest BCUT2D eigenvalue weighted by atomic mass is 10.0. The van der Waals surface area contributed by atoms with Crippen LogP contribution in [-0.4, -0.2) is 45.8 Å². The molecule has 2 amide bonds. The van der Waals surface area contributed by atoms with Gasteiger partial charge in [0.1, 0.15) is 17.3 Å². The normalized spacial score (nSPS) is 14.7. The van der Waals surface area contributed by atoms with Gasteiger partial charge in [-0.3, -0.25) is 14.7 Å². The van der Waals surface area contributed by atoms with Crippen LogP contribution in [0.2, 0.25) is 0 Å². The van der Waals surface area contributed by atoms with Crippen molar-refractivity contribution in [1.29, 1.82) is 0 Å². The predicted molar refractivity (Wildman–Crippen MR) is 85.9 cm³/mol. The molecule has 1 heterocycles. The fourth-order valence-electron chi connectivity index (χ4n) is 2.58. The van der Waals surface area contributed by atoms with E-state index in [0.29, 0.717) is 5.69 Å². The van der Waals surface area contributed by atoms with Crippen LogP contribution in [0.5, 0.6) is 0 Å². The Balaban J connectivity index is 1.73. The van der Waals surface area contributed by atoms with Crippen LogP contribution >= 0.6 is 0 Å². The number of nitrogens with zero attached hydrogens (tertiary/aromatic N) is 1. The predicted octanol–water partition coefficient (Wildman–Crippen LogP) is 0.795. The molecule has 2 aliphatic carbocycles. The van der Waals surface area contributed by atoms with Gasteiger partial charge in [-0.2, -0.15) is 5.10 Å². The van der Waals surface area contributed by atoms with Crippen molar-refractivity contribution in [1.82, 2.24) is 20.8 Å². The van der Waals surface area contributed by atoms with E-state index in [1.807, 2.05) is 26.0 Å². The van der Waals surface area contributed by atoms with Gasteiger partial charge in [-0.25, -0.2) is 0 Å². The molecule has 1 aromatic rings.